The van der Waals surface area contributed by atoms with Crippen molar-refractivity contribution >= 4 is 0 Å². The monoisotopic (exact) mass is 365 g/mol. The number of fused-ring (bicyclic) bond motifs is 2. The molecule has 138 valence electrons. The lowest BCUT2D eigenvalue weighted by Crippen LogP contribution is -2.14. The van der Waals surface area contributed by atoms with E-state index in [1.165, 1.54) is 10.8 Å². The molecule has 3 heterocycles. The maximum atomic E-state index is 12.1. The highest BCUT2D eigenvalue weighted by molar-refractivity contribution is 5.56. The molecule has 1 spiro atoms. The van der Waals surface area contributed by atoms with Crippen molar-refractivity contribution in [3.63, 3.8) is 0 Å². The minimum atomic E-state index is -0.395. The lowest BCUT2D eigenvalue weighted by atomic mass is 9.97. The van der Waals surface area contributed by atoms with Crippen LogP contribution >= 0.6 is 0 Å². The standard InChI is InChI=1S/C20H19N3O4/c1-2-13-18(24)23(19(25)22-13)12-6-7-16(21-10-12)27-15-5-3-4-14-17(15)20(8-9-20)11-26-14/h3-7,10,24H,2,8-9,11H2,1H3,(H,22,25). The van der Waals surface area contributed by atoms with E-state index >= 15 is 0 Å². The summed E-state index contributed by atoms with van der Waals surface area (Å²) < 4.78 is 13.0. The molecule has 2 N–H and O–H groups in total. The summed E-state index contributed by atoms with van der Waals surface area (Å²) in [5, 5.41) is 10.2. The van der Waals surface area contributed by atoms with Gasteiger partial charge in [0.1, 0.15) is 11.5 Å². The van der Waals surface area contributed by atoms with E-state index in [1.807, 2.05) is 25.1 Å². The van der Waals surface area contributed by atoms with Crippen LogP contribution in [-0.4, -0.2) is 26.2 Å². The van der Waals surface area contributed by atoms with Gasteiger partial charge in [0.05, 0.1) is 24.2 Å². The number of aromatic amines is 1. The molecular formula is C20H19N3O4. The van der Waals surface area contributed by atoms with Crippen molar-refractivity contribution in [2.45, 2.75) is 31.6 Å². The minimum absolute atomic E-state index is 0.0910. The molecule has 0 saturated heterocycles. The van der Waals surface area contributed by atoms with Crippen LogP contribution in [0.3, 0.4) is 0 Å². The Kier molecular flexibility index (Phi) is 3.34. The van der Waals surface area contributed by atoms with Gasteiger partial charge in [0.25, 0.3) is 0 Å². The molecular weight excluding hydrogens is 346 g/mol. The number of nitrogens with zero attached hydrogens (tertiary/aromatic N) is 2. The van der Waals surface area contributed by atoms with Crippen LogP contribution in [0.1, 0.15) is 31.0 Å². The second-order valence-electron chi connectivity index (χ2n) is 7.08. The van der Waals surface area contributed by atoms with E-state index in [0.717, 1.165) is 29.9 Å². The maximum Gasteiger partial charge on any atom is 0.333 e. The van der Waals surface area contributed by atoms with E-state index in [4.69, 9.17) is 9.47 Å². The predicted molar refractivity (Wildman–Crippen MR) is 98.2 cm³/mol. The Hall–Kier alpha value is -3.22. The minimum Gasteiger partial charge on any atom is -0.493 e. The Morgan fingerprint density at radius 1 is 1.33 bits per heavy atom. The Bertz CT molecular complexity index is 1080. The van der Waals surface area contributed by atoms with Crippen LogP contribution in [0.25, 0.3) is 5.69 Å². The van der Waals surface area contributed by atoms with Crippen molar-refractivity contribution in [1.82, 2.24) is 14.5 Å². The number of aromatic nitrogens is 3. The van der Waals surface area contributed by atoms with Gasteiger partial charge < -0.3 is 19.6 Å². The number of nitrogens with one attached hydrogen (secondary N) is 1. The number of hydrogen-bond acceptors (Lipinski definition) is 5. The highest BCUT2D eigenvalue weighted by Gasteiger charge is 2.52. The molecule has 1 aliphatic heterocycles. The van der Waals surface area contributed by atoms with Crippen molar-refractivity contribution in [2.24, 2.45) is 0 Å². The second kappa shape index (κ2) is 5.64. The molecule has 7 heteroatoms. The van der Waals surface area contributed by atoms with Gasteiger partial charge in [0.2, 0.25) is 11.8 Å². The average Bonchev–Trinajstić information content (AvgIpc) is 3.27. The van der Waals surface area contributed by atoms with Crippen LogP contribution in [0, 0.1) is 0 Å². The molecule has 2 aromatic heterocycles. The summed E-state index contributed by atoms with van der Waals surface area (Å²) in [7, 11) is 0. The van der Waals surface area contributed by atoms with E-state index < -0.39 is 5.69 Å². The molecule has 0 atom stereocenters. The number of benzene rings is 1. The number of pyridine rings is 1. The number of H-pyrrole nitrogens is 1. The van der Waals surface area contributed by atoms with Crippen molar-refractivity contribution in [1.29, 1.82) is 0 Å². The number of rotatable bonds is 4. The molecule has 2 aliphatic rings. The largest absolute Gasteiger partial charge is 0.493 e. The Balaban J connectivity index is 1.46. The third kappa shape index (κ3) is 2.42. The molecule has 1 aromatic carbocycles. The lowest BCUT2D eigenvalue weighted by molar-refractivity contribution is 0.323. The van der Waals surface area contributed by atoms with Gasteiger partial charge in [-0.05, 0) is 37.5 Å². The smallest absolute Gasteiger partial charge is 0.333 e. The van der Waals surface area contributed by atoms with Gasteiger partial charge in [-0.25, -0.2) is 14.3 Å². The fourth-order valence-corrected chi connectivity index (χ4v) is 3.71. The van der Waals surface area contributed by atoms with Crippen LogP contribution in [0.15, 0.2) is 41.3 Å². The molecule has 0 unspecified atom stereocenters. The third-order valence-electron chi connectivity index (χ3n) is 5.37. The van der Waals surface area contributed by atoms with Crippen molar-refractivity contribution in [3.8, 4) is 28.9 Å². The van der Waals surface area contributed by atoms with E-state index in [-0.39, 0.29) is 11.3 Å². The molecule has 0 amide bonds. The lowest BCUT2D eigenvalue weighted by Gasteiger charge is -2.12. The van der Waals surface area contributed by atoms with Crippen LogP contribution in [0.5, 0.6) is 23.3 Å². The number of imidazole rings is 1. The van der Waals surface area contributed by atoms with Crippen molar-refractivity contribution < 1.29 is 14.6 Å². The Labute approximate surface area is 155 Å². The molecule has 0 radical (unpaired) electrons. The van der Waals surface area contributed by atoms with Crippen molar-refractivity contribution in [2.75, 3.05) is 6.61 Å². The summed E-state index contributed by atoms with van der Waals surface area (Å²) in [5.74, 6) is 1.98. The Morgan fingerprint density at radius 3 is 2.85 bits per heavy atom. The highest BCUT2D eigenvalue weighted by atomic mass is 16.5. The van der Waals surface area contributed by atoms with E-state index in [0.29, 0.717) is 30.3 Å². The molecule has 5 rings (SSSR count). The van der Waals surface area contributed by atoms with Crippen LogP contribution in [0.4, 0.5) is 0 Å². The third-order valence-corrected chi connectivity index (χ3v) is 5.37. The predicted octanol–water partition coefficient (Wildman–Crippen LogP) is 3.04. The normalized spacial score (nSPS) is 16.2. The van der Waals surface area contributed by atoms with Gasteiger partial charge in [0, 0.05) is 17.0 Å². The first kappa shape index (κ1) is 16.0. The number of hydrogen-bond donors (Lipinski definition) is 2. The zero-order valence-corrected chi connectivity index (χ0v) is 14.9. The Morgan fingerprint density at radius 2 is 2.19 bits per heavy atom. The van der Waals surface area contributed by atoms with Gasteiger partial charge >= 0.3 is 5.69 Å². The number of aryl methyl sites for hydroxylation is 1. The van der Waals surface area contributed by atoms with Crippen LogP contribution < -0.4 is 15.2 Å². The average molecular weight is 365 g/mol. The van der Waals surface area contributed by atoms with Crippen molar-refractivity contribution in [3.05, 3.63) is 58.3 Å². The molecule has 3 aromatic rings. The van der Waals surface area contributed by atoms with Gasteiger partial charge in [-0.2, -0.15) is 0 Å². The number of aromatic hydroxyl groups is 1. The van der Waals surface area contributed by atoms with E-state index in [2.05, 4.69) is 9.97 Å². The summed E-state index contributed by atoms with van der Waals surface area (Å²) in [6.07, 6.45) is 4.27. The van der Waals surface area contributed by atoms with Crippen LogP contribution in [0.2, 0.25) is 0 Å². The number of ether oxygens (including phenoxy) is 2. The first-order valence-corrected chi connectivity index (χ1v) is 9.05. The van der Waals surface area contributed by atoms with Gasteiger partial charge in [-0.15, -0.1) is 0 Å². The highest BCUT2D eigenvalue weighted by Crippen LogP contribution is 2.58. The maximum absolute atomic E-state index is 12.1. The molecule has 27 heavy (non-hydrogen) atoms. The van der Waals surface area contributed by atoms with Gasteiger partial charge in [-0.3, -0.25) is 0 Å². The molecule has 1 aliphatic carbocycles. The topological polar surface area (TPSA) is 89.4 Å². The van der Waals surface area contributed by atoms with E-state index in [9.17, 15) is 9.90 Å². The summed E-state index contributed by atoms with van der Waals surface area (Å²) in [5.41, 5.74) is 1.81. The molecule has 1 saturated carbocycles. The fraction of sp³-hybridized carbons (Fsp3) is 0.300. The quantitative estimate of drug-likeness (QED) is 0.742. The summed E-state index contributed by atoms with van der Waals surface area (Å²) >= 11 is 0. The van der Waals surface area contributed by atoms with Crippen LogP contribution in [-0.2, 0) is 11.8 Å². The summed E-state index contributed by atoms with van der Waals surface area (Å²) in [6.45, 7) is 2.57. The van der Waals surface area contributed by atoms with E-state index in [1.54, 1.807) is 12.1 Å². The zero-order valence-electron chi connectivity index (χ0n) is 14.9. The fourth-order valence-electron chi connectivity index (χ4n) is 3.71. The molecule has 7 nitrogen and oxygen atoms in total. The summed E-state index contributed by atoms with van der Waals surface area (Å²) in [6, 6.07) is 9.20. The van der Waals surface area contributed by atoms with Gasteiger partial charge in [0.15, 0.2) is 0 Å². The molecule has 0 bridgehead atoms. The molecule has 1 fully saturated rings. The first-order chi connectivity index (χ1) is 13.1. The van der Waals surface area contributed by atoms with Gasteiger partial charge in [-0.1, -0.05) is 13.0 Å². The zero-order chi connectivity index (χ0) is 18.6. The summed E-state index contributed by atoms with van der Waals surface area (Å²) in [4.78, 5) is 19.0. The SMILES string of the molecule is CCc1[nH]c(=O)n(-c2ccc(Oc3cccc4c3C3(CC3)CO4)nc2)c1O. The first-order valence-electron chi connectivity index (χ1n) is 9.05. The second-order valence-corrected chi connectivity index (χ2v) is 7.08.